The van der Waals surface area contributed by atoms with Crippen molar-refractivity contribution in [3.63, 3.8) is 0 Å². The van der Waals surface area contributed by atoms with Crippen LogP contribution < -0.4 is 0 Å². The number of hydrogen-bond donors (Lipinski definition) is 2. The van der Waals surface area contributed by atoms with Crippen LogP contribution in [0.2, 0.25) is 0 Å². The fraction of sp³-hybridized carbons (Fsp3) is 0.273. The number of phenolic OH excluding ortho intramolecular Hbond substituents is 2. The molecule has 180 valence electrons. The molecule has 0 aliphatic carbocycles. The molecule has 2 nitrogen and oxygen atoms in total. The van der Waals surface area contributed by atoms with Crippen molar-refractivity contribution in [1.29, 1.82) is 0 Å². The number of phenols is 2. The highest BCUT2D eigenvalue weighted by Gasteiger charge is 2.25. The highest BCUT2D eigenvalue weighted by Crippen LogP contribution is 2.40. The van der Waals surface area contributed by atoms with Crippen molar-refractivity contribution in [2.75, 3.05) is 0 Å². The molecule has 35 heavy (non-hydrogen) atoms. The van der Waals surface area contributed by atoms with Crippen molar-refractivity contribution in [2.24, 2.45) is 0 Å². The maximum atomic E-state index is 10.3. The second kappa shape index (κ2) is 9.62. The molecule has 0 saturated carbocycles. The van der Waals surface area contributed by atoms with Crippen LogP contribution in [0.3, 0.4) is 0 Å². The van der Waals surface area contributed by atoms with Gasteiger partial charge in [-0.1, -0.05) is 84.6 Å². The molecule has 0 aliphatic rings. The van der Waals surface area contributed by atoms with E-state index in [1.165, 1.54) is 33.4 Å². The van der Waals surface area contributed by atoms with E-state index in [4.69, 9.17) is 0 Å². The molecule has 4 rings (SSSR count). The fourth-order valence-corrected chi connectivity index (χ4v) is 5.25. The van der Waals surface area contributed by atoms with Gasteiger partial charge in [0, 0.05) is 0 Å². The summed E-state index contributed by atoms with van der Waals surface area (Å²) in [6.07, 6.45) is 1.81. The van der Waals surface area contributed by atoms with E-state index < -0.39 is 0 Å². The van der Waals surface area contributed by atoms with E-state index in [1.54, 1.807) is 12.1 Å². The highest BCUT2D eigenvalue weighted by atomic mass is 16.3. The molecule has 0 aliphatic heterocycles. The van der Waals surface area contributed by atoms with E-state index in [2.05, 4.69) is 90.1 Å². The van der Waals surface area contributed by atoms with Gasteiger partial charge in [0.2, 0.25) is 0 Å². The molecule has 2 heteroatoms. The maximum absolute atomic E-state index is 10.3. The normalized spacial score (nSPS) is 11.6. The molecule has 0 unspecified atom stereocenters. The van der Waals surface area contributed by atoms with Gasteiger partial charge in [0.1, 0.15) is 11.5 Å². The van der Waals surface area contributed by atoms with Crippen LogP contribution >= 0.6 is 0 Å². The van der Waals surface area contributed by atoms with Gasteiger partial charge in [0.25, 0.3) is 0 Å². The molecule has 0 fully saturated rings. The lowest BCUT2D eigenvalue weighted by Gasteiger charge is -2.29. The summed E-state index contributed by atoms with van der Waals surface area (Å²) < 4.78 is 0. The summed E-state index contributed by atoms with van der Waals surface area (Å²) in [5.41, 5.74) is 11.7. The Morgan fingerprint density at radius 2 is 1.03 bits per heavy atom. The van der Waals surface area contributed by atoms with Crippen LogP contribution in [-0.4, -0.2) is 10.2 Å². The summed E-state index contributed by atoms with van der Waals surface area (Å²) in [5.74, 6) is 0.576. The first kappa shape index (κ1) is 24.6. The third-order valence-electron chi connectivity index (χ3n) is 6.91. The van der Waals surface area contributed by atoms with Crippen LogP contribution in [0.1, 0.15) is 53.6 Å². The quantitative estimate of drug-likeness (QED) is 0.300. The molecule has 4 aromatic rings. The third-order valence-corrected chi connectivity index (χ3v) is 6.91. The van der Waals surface area contributed by atoms with Gasteiger partial charge in [-0.05, 0) is 104 Å². The number of benzene rings is 4. The minimum absolute atomic E-state index is 0.127. The summed E-state index contributed by atoms with van der Waals surface area (Å²) in [4.78, 5) is 0. The number of aromatic hydroxyl groups is 2. The standard InChI is InChI=1S/C33H36O2/c1-21-13-22(2)16-26(15-21)30-19-28(34)8-7-25(30)11-12-33(5,6)32-10-9-29(35)20-31(32)27-17-23(3)14-24(4)18-27/h7-10,13-20,34-35H,11-12H2,1-6H3. The first-order valence-electron chi connectivity index (χ1n) is 12.3. The predicted octanol–water partition coefficient (Wildman–Crippen LogP) is 8.58. The molecule has 0 aromatic heterocycles. The molecule has 0 heterocycles. The molecule has 2 N–H and O–H groups in total. The van der Waals surface area contributed by atoms with Crippen molar-refractivity contribution in [3.05, 3.63) is 106 Å². The topological polar surface area (TPSA) is 40.5 Å². The van der Waals surface area contributed by atoms with Crippen molar-refractivity contribution >= 4 is 0 Å². The number of hydrogen-bond acceptors (Lipinski definition) is 2. The largest absolute Gasteiger partial charge is 0.508 e. The van der Waals surface area contributed by atoms with Crippen molar-refractivity contribution in [3.8, 4) is 33.8 Å². The Morgan fingerprint density at radius 3 is 1.57 bits per heavy atom. The zero-order chi connectivity index (χ0) is 25.3. The molecular weight excluding hydrogens is 428 g/mol. The van der Waals surface area contributed by atoms with Crippen molar-refractivity contribution < 1.29 is 10.2 Å². The third kappa shape index (κ3) is 5.59. The minimum Gasteiger partial charge on any atom is -0.508 e. The molecule has 0 spiro atoms. The lowest BCUT2D eigenvalue weighted by Crippen LogP contribution is -2.19. The van der Waals surface area contributed by atoms with Crippen molar-refractivity contribution in [2.45, 2.75) is 59.8 Å². The van der Waals surface area contributed by atoms with Gasteiger partial charge < -0.3 is 10.2 Å². The van der Waals surface area contributed by atoms with Crippen LogP contribution in [0.5, 0.6) is 11.5 Å². The number of rotatable bonds is 6. The van der Waals surface area contributed by atoms with E-state index in [1.807, 2.05) is 12.1 Å². The smallest absolute Gasteiger partial charge is 0.116 e. The summed E-state index contributed by atoms with van der Waals surface area (Å²) in [6, 6.07) is 24.6. The van der Waals surface area contributed by atoms with Crippen LogP contribution in [0.4, 0.5) is 0 Å². The van der Waals surface area contributed by atoms with E-state index in [-0.39, 0.29) is 16.9 Å². The average molecular weight is 465 g/mol. The van der Waals surface area contributed by atoms with Gasteiger partial charge in [0.05, 0.1) is 0 Å². The summed E-state index contributed by atoms with van der Waals surface area (Å²) in [7, 11) is 0. The Morgan fingerprint density at radius 1 is 0.571 bits per heavy atom. The first-order chi connectivity index (χ1) is 16.5. The second-order valence-corrected chi connectivity index (χ2v) is 10.7. The Bertz CT molecular complexity index is 1340. The molecule has 0 atom stereocenters. The summed E-state index contributed by atoms with van der Waals surface area (Å²) >= 11 is 0. The van der Waals surface area contributed by atoms with E-state index in [0.717, 1.165) is 35.1 Å². The van der Waals surface area contributed by atoms with E-state index >= 15 is 0 Å². The monoisotopic (exact) mass is 464 g/mol. The SMILES string of the molecule is Cc1cc(C)cc(-c2cc(O)ccc2CCC(C)(C)c2ccc(O)cc2-c2cc(C)cc(C)c2)c1. The van der Waals surface area contributed by atoms with Crippen LogP contribution in [0, 0.1) is 27.7 Å². The van der Waals surface area contributed by atoms with Gasteiger partial charge in [-0.2, -0.15) is 0 Å². The molecule has 0 radical (unpaired) electrons. The summed E-state index contributed by atoms with van der Waals surface area (Å²) in [5, 5.41) is 20.6. The zero-order valence-electron chi connectivity index (χ0n) is 21.7. The Labute approximate surface area is 209 Å². The first-order valence-corrected chi connectivity index (χ1v) is 12.3. The van der Waals surface area contributed by atoms with E-state index in [9.17, 15) is 10.2 Å². The molecular formula is C33H36O2. The molecule has 0 saturated heterocycles. The average Bonchev–Trinajstić information content (AvgIpc) is 2.76. The summed E-state index contributed by atoms with van der Waals surface area (Å²) in [6.45, 7) is 13.0. The Balaban J connectivity index is 1.71. The number of aryl methyl sites for hydroxylation is 5. The molecule has 0 amide bonds. The second-order valence-electron chi connectivity index (χ2n) is 10.7. The van der Waals surface area contributed by atoms with E-state index in [0.29, 0.717) is 0 Å². The zero-order valence-corrected chi connectivity index (χ0v) is 21.7. The van der Waals surface area contributed by atoms with Crippen molar-refractivity contribution in [1.82, 2.24) is 0 Å². The minimum atomic E-state index is -0.127. The van der Waals surface area contributed by atoms with Gasteiger partial charge in [-0.3, -0.25) is 0 Å². The Kier molecular flexibility index (Phi) is 6.76. The maximum Gasteiger partial charge on any atom is 0.116 e. The van der Waals surface area contributed by atoms with Gasteiger partial charge >= 0.3 is 0 Å². The van der Waals surface area contributed by atoms with Crippen LogP contribution in [0.25, 0.3) is 22.3 Å². The van der Waals surface area contributed by atoms with Gasteiger partial charge in [-0.15, -0.1) is 0 Å². The Hall–Kier alpha value is -3.52. The predicted molar refractivity (Wildman–Crippen MR) is 147 cm³/mol. The van der Waals surface area contributed by atoms with Crippen LogP contribution in [-0.2, 0) is 11.8 Å². The van der Waals surface area contributed by atoms with Gasteiger partial charge in [-0.25, -0.2) is 0 Å². The molecule has 0 bridgehead atoms. The molecule has 4 aromatic carbocycles. The fourth-order valence-electron chi connectivity index (χ4n) is 5.25. The highest BCUT2D eigenvalue weighted by molar-refractivity contribution is 5.72. The van der Waals surface area contributed by atoms with Crippen LogP contribution in [0.15, 0.2) is 72.8 Å². The van der Waals surface area contributed by atoms with Gasteiger partial charge in [0.15, 0.2) is 0 Å². The lowest BCUT2D eigenvalue weighted by molar-refractivity contribution is 0.466. The lowest BCUT2D eigenvalue weighted by atomic mass is 9.75.